The fourth-order valence-electron chi connectivity index (χ4n) is 2.27. The molecule has 1 heterocycles. The molecule has 7 nitrogen and oxygen atoms in total. The van der Waals surface area contributed by atoms with E-state index in [1.54, 1.807) is 12.1 Å². The first kappa shape index (κ1) is 14.2. The number of benzene rings is 2. The molecule has 0 aliphatic carbocycles. The minimum absolute atomic E-state index is 0.0209. The van der Waals surface area contributed by atoms with Crippen molar-refractivity contribution >= 4 is 28.3 Å². The largest absolute Gasteiger partial charge is 0.508 e. The number of non-ortho nitro benzene ring substituents is 1. The molecule has 0 amide bonds. The number of nitro groups is 1. The number of imidazole rings is 1. The Morgan fingerprint density at radius 1 is 1.27 bits per heavy atom. The smallest absolute Gasteiger partial charge is 0.326 e. The van der Waals surface area contributed by atoms with E-state index < -0.39 is 10.6 Å². The highest BCUT2D eigenvalue weighted by atomic mass is 35.5. The molecule has 2 aromatic carbocycles. The van der Waals surface area contributed by atoms with Gasteiger partial charge in [-0.2, -0.15) is 0 Å². The Morgan fingerprint density at radius 3 is 2.77 bits per heavy atom. The molecule has 0 fully saturated rings. The summed E-state index contributed by atoms with van der Waals surface area (Å²) in [6, 6.07) is 8.67. The molecule has 8 heteroatoms. The normalized spacial score (nSPS) is 11.0. The Hall–Kier alpha value is -2.80. The van der Waals surface area contributed by atoms with Gasteiger partial charge in [-0.05, 0) is 24.3 Å². The van der Waals surface area contributed by atoms with Gasteiger partial charge in [0.1, 0.15) is 5.75 Å². The fourth-order valence-corrected chi connectivity index (χ4v) is 2.47. The van der Waals surface area contributed by atoms with E-state index in [0.29, 0.717) is 21.6 Å². The second-order valence-electron chi connectivity index (χ2n) is 4.75. The van der Waals surface area contributed by atoms with Gasteiger partial charge >= 0.3 is 5.69 Å². The number of rotatable bonds is 3. The maximum Gasteiger partial charge on any atom is 0.326 e. The van der Waals surface area contributed by atoms with E-state index in [0.717, 1.165) is 0 Å². The van der Waals surface area contributed by atoms with Crippen LogP contribution in [-0.4, -0.2) is 19.6 Å². The Bertz CT molecular complexity index is 945. The third-order valence-corrected chi connectivity index (χ3v) is 3.57. The first-order chi connectivity index (χ1) is 10.5. The molecule has 112 valence electrons. The molecule has 0 aliphatic rings. The molecule has 0 radical (unpaired) electrons. The lowest BCUT2D eigenvalue weighted by molar-refractivity contribution is -0.384. The van der Waals surface area contributed by atoms with Gasteiger partial charge in [-0.3, -0.25) is 14.7 Å². The molecule has 0 unspecified atom stereocenters. The number of hydrogen-bond acceptors (Lipinski definition) is 4. The number of halogens is 1. The highest BCUT2D eigenvalue weighted by molar-refractivity contribution is 6.30. The van der Waals surface area contributed by atoms with Gasteiger partial charge in [-0.25, -0.2) is 4.79 Å². The minimum atomic E-state index is -0.530. The van der Waals surface area contributed by atoms with Gasteiger partial charge in [-0.15, -0.1) is 0 Å². The summed E-state index contributed by atoms with van der Waals surface area (Å²) in [5.74, 6) is 0.0209. The van der Waals surface area contributed by atoms with Crippen molar-refractivity contribution in [3.8, 4) is 5.75 Å². The van der Waals surface area contributed by atoms with Gasteiger partial charge in [0.2, 0.25) is 0 Å². The van der Waals surface area contributed by atoms with Crippen LogP contribution in [0.2, 0.25) is 5.02 Å². The maximum atomic E-state index is 12.0. The first-order valence-electron chi connectivity index (χ1n) is 6.30. The number of H-pyrrole nitrogens is 1. The van der Waals surface area contributed by atoms with Crippen molar-refractivity contribution in [2.75, 3.05) is 0 Å². The van der Waals surface area contributed by atoms with Crippen LogP contribution in [0, 0.1) is 10.1 Å². The van der Waals surface area contributed by atoms with Crippen LogP contribution in [0.5, 0.6) is 5.75 Å². The molecule has 22 heavy (non-hydrogen) atoms. The number of phenols is 1. The number of aromatic amines is 1. The predicted molar refractivity (Wildman–Crippen MR) is 81.4 cm³/mol. The third kappa shape index (κ3) is 2.42. The van der Waals surface area contributed by atoms with Crippen LogP contribution < -0.4 is 5.69 Å². The number of phenolic OH excluding ortho intramolecular Hbond substituents is 1. The molecule has 0 saturated heterocycles. The zero-order valence-electron chi connectivity index (χ0n) is 11.1. The molecule has 3 rings (SSSR count). The number of fused-ring (bicyclic) bond motifs is 1. The molecule has 0 spiro atoms. The first-order valence-corrected chi connectivity index (χ1v) is 6.68. The van der Waals surface area contributed by atoms with Crippen molar-refractivity contribution in [2.24, 2.45) is 0 Å². The summed E-state index contributed by atoms with van der Waals surface area (Å²) >= 11 is 5.89. The van der Waals surface area contributed by atoms with Crippen LogP contribution in [0.4, 0.5) is 5.69 Å². The Morgan fingerprint density at radius 2 is 2.05 bits per heavy atom. The summed E-state index contributed by atoms with van der Waals surface area (Å²) in [5, 5.41) is 21.0. The monoisotopic (exact) mass is 319 g/mol. The maximum absolute atomic E-state index is 12.0. The van der Waals surface area contributed by atoms with Crippen LogP contribution >= 0.6 is 11.6 Å². The Balaban J connectivity index is 2.11. The van der Waals surface area contributed by atoms with Crippen LogP contribution in [0.15, 0.2) is 41.2 Å². The van der Waals surface area contributed by atoms with E-state index in [1.165, 1.54) is 28.8 Å². The van der Waals surface area contributed by atoms with E-state index in [4.69, 9.17) is 11.6 Å². The van der Waals surface area contributed by atoms with E-state index in [2.05, 4.69) is 4.98 Å². The highest BCUT2D eigenvalue weighted by Gasteiger charge is 2.13. The third-order valence-electron chi connectivity index (χ3n) is 3.34. The van der Waals surface area contributed by atoms with Crippen molar-refractivity contribution in [1.82, 2.24) is 9.55 Å². The number of nitro benzene ring substituents is 1. The van der Waals surface area contributed by atoms with E-state index >= 15 is 0 Å². The zero-order chi connectivity index (χ0) is 15.9. The van der Waals surface area contributed by atoms with Crippen LogP contribution in [0.3, 0.4) is 0 Å². The molecule has 0 atom stereocenters. The van der Waals surface area contributed by atoms with Crippen molar-refractivity contribution in [3.63, 3.8) is 0 Å². The molecule has 0 saturated carbocycles. The van der Waals surface area contributed by atoms with Gasteiger partial charge in [-0.1, -0.05) is 11.6 Å². The van der Waals surface area contributed by atoms with Gasteiger partial charge in [0.25, 0.3) is 5.69 Å². The average molecular weight is 320 g/mol. The highest BCUT2D eigenvalue weighted by Crippen LogP contribution is 2.24. The van der Waals surface area contributed by atoms with Crippen molar-refractivity contribution in [3.05, 3.63) is 67.6 Å². The standard InChI is InChI=1S/C14H10ClN3O4/c15-9-1-4-13(19)8(5-9)7-17-12-3-2-10(18(21)22)6-11(12)16-14(17)20/h1-6,19H,7H2,(H,16,20). The van der Waals surface area contributed by atoms with Crippen LogP contribution in [0.25, 0.3) is 11.0 Å². The molecule has 3 aromatic rings. The summed E-state index contributed by atoms with van der Waals surface area (Å²) in [6.07, 6.45) is 0. The van der Waals surface area contributed by atoms with Crippen molar-refractivity contribution in [1.29, 1.82) is 0 Å². The lowest BCUT2D eigenvalue weighted by atomic mass is 10.2. The number of nitrogens with zero attached hydrogens (tertiary/aromatic N) is 2. The average Bonchev–Trinajstić information content (AvgIpc) is 2.78. The molecule has 2 N–H and O–H groups in total. The quantitative estimate of drug-likeness (QED) is 0.572. The van der Waals surface area contributed by atoms with Gasteiger partial charge < -0.3 is 10.1 Å². The molecule has 1 aromatic heterocycles. The van der Waals surface area contributed by atoms with Crippen LogP contribution in [0.1, 0.15) is 5.56 Å². The Labute approximate surface area is 128 Å². The lowest BCUT2D eigenvalue weighted by Crippen LogP contribution is -2.17. The zero-order valence-corrected chi connectivity index (χ0v) is 11.9. The van der Waals surface area contributed by atoms with Crippen LogP contribution in [-0.2, 0) is 6.54 Å². The second kappa shape index (κ2) is 5.19. The van der Waals surface area contributed by atoms with Gasteiger partial charge in [0, 0.05) is 22.7 Å². The molecule has 0 bridgehead atoms. The second-order valence-corrected chi connectivity index (χ2v) is 5.18. The summed E-state index contributed by atoms with van der Waals surface area (Å²) < 4.78 is 1.38. The number of nitrogens with one attached hydrogen (secondary N) is 1. The number of aromatic hydroxyl groups is 1. The van der Waals surface area contributed by atoms with E-state index in [1.807, 2.05) is 0 Å². The Kier molecular flexibility index (Phi) is 3.34. The van der Waals surface area contributed by atoms with E-state index in [-0.39, 0.29) is 18.0 Å². The summed E-state index contributed by atoms with van der Waals surface area (Å²) in [5.41, 5.74) is 0.825. The molecular weight excluding hydrogens is 310 g/mol. The summed E-state index contributed by atoms with van der Waals surface area (Å²) in [4.78, 5) is 24.8. The van der Waals surface area contributed by atoms with Crippen molar-refractivity contribution < 1.29 is 10.0 Å². The fraction of sp³-hybridized carbons (Fsp3) is 0.0714. The molecular formula is C14H10ClN3O4. The predicted octanol–water partition coefficient (Wildman–Crippen LogP) is 2.65. The molecule has 0 aliphatic heterocycles. The van der Waals surface area contributed by atoms with Gasteiger partial charge in [0.15, 0.2) is 0 Å². The topological polar surface area (TPSA) is 101 Å². The van der Waals surface area contributed by atoms with E-state index in [9.17, 15) is 20.0 Å². The minimum Gasteiger partial charge on any atom is -0.508 e. The SMILES string of the molecule is O=c1[nH]c2cc([N+](=O)[O-])ccc2n1Cc1cc(Cl)ccc1O. The summed E-state index contributed by atoms with van der Waals surface area (Å²) in [7, 11) is 0. The van der Waals surface area contributed by atoms with Gasteiger partial charge in [0.05, 0.1) is 22.5 Å². The lowest BCUT2D eigenvalue weighted by Gasteiger charge is -2.06. The van der Waals surface area contributed by atoms with Crippen molar-refractivity contribution in [2.45, 2.75) is 6.54 Å². The number of aromatic nitrogens is 2. The summed E-state index contributed by atoms with van der Waals surface area (Å²) in [6.45, 7) is 0.100. The number of hydrogen-bond donors (Lipinski definition) is 2.